The molecule has 0 atom stereocenters. The second kappa shape index (κ2) is 8.10. The third kappa shape index (κ3) is 4.72. The molecule has 1 aromatic heterocycles. The minimum absolute atomic E-state index is 0.128. The Bertz CT molecular complexity index is 917. The number of hydrogen-bond acceptors (Lipinski definition) is 2. The number of hydrogen-bond donors (Lipinski definition) is 2. The normalized spacial score (nSPS) is 20.3. The van der Waals surface area contributed by atoms with Gasteiger partial charge < -0.3 is 15.6 Å². The summed E-state index contributed by atoms with van der Waals surface area (Å²) in [6.07, 6.45) is -0.667. The van der Waals surface area contributed by atoms with Gasteiger partial charge in [-0.15, -0.1) is 0 Å². The predicted molar refractivity (Wildman–Crippen MR) is 113 cm³/mol. The molecule has 3 N–H and O–H groups in total. The van der Waals surface area contributed by atoms with E-state index in [1.807, 2.05) is 13.0 Å². The molecule has 0 spiro atoms. The van der Waals surface area contributed by atoms with Crippen LogP contribution in [0.15, 0.2) is 30.3 Å². The Hall–Kier alpha value is -2.28. The van der Waals surface area contributed by atoms with Gasteiger partial charge >= 0.3 is 6.18 Å². The van der Waals surface area contributed by atoms with E-state index in [2.05, 4.69) is 30.7 Å². The van der Waals surface area contributed by atoms with Crippen LogP contribution in [0.2, 0.25) is 0 Å². The van der Waals surface area contributed by atoms with Gasteiger partial charge in [0.15, 0.2) is 0 Å². The SMILES string of the molecule is Cc1c(C(=O)Nc2cccc(C(F)(F)F)c2)cc(C(C)(C)C)n1C1CCC(N)CC1. The molecule has 0 bridgehead atoms. The molecule has 30 heavy (non-hydrogen) atoms. The minimum atomic E-state index is -4.46. The van der Waals surface area contributed by atoms with Gasteiger partial charge in [-0.05, 0) is 56.9 Å². The van der Waals surface area contributed by atoms with Gasteiger partial charge in [-0.1, -0.05) is 26.8 Å². The summed E-state index contributed by atoms with van der Waals surface area (Å²) in [6.45, 7) is 8.20. The average Bonchev–Trinajstić information content (AvgIpc) is 3.00. The predicted octanol–water partition coefficient (Wildman–Crippen LogP) is 5.81. The average molecular weight is 422 g/mol. The summed E-state index contributed by atoms with van der Waals surface area (Å²) in [5.74, 6) is -0.399. The van der Waals surface area contributed by atoms with Crippen molar-refractivity contribution in [2.24, 2.45) is 5.73 Å². The Balaban J connectivity index is 1.93. The fourth-order valence-corrected chi connectivity index (χ4v) is 4.23. The van der Waals surface area contributed by atoms with Gasteiger partial charge in [0, 0.05) is 34.6 Å². The Morgan fingerprint density at radius 3 is 2.30 bits per heavy atom. The van der Waals surface area contributed by atoms with Gasteiger partial charge in [-0.25, -0.2) is 0 Å². The molecule has 0 unspecified atom stereocenters. The van der Waals surface area contributed by atoms with Crippen LogP contribution in [0.3, 0.4) is 0 Å². The number of nitrogens with zero attached hydrogens (tertiary/aromatic N) is 1. The molecule has 1 fully saturated rings. The number of carbonyl (C=O) groups is 1. The first-order chi connectivity index (χ1) is 13.9. The van der Waals surface area contributed by atoms with Crippen LogP contribution in [0.4, 0.5) is 18.9 Å². The first kappa shape index (κ1) is 22.4. The molecule has 3 rings (SSSR count). The summed E-state index contributed by atoms with van der Waals surface area (Å²) in [4.78, 5) is 13.0. The summed E-state index contributed by atoms with van der Waals surface area (Å²) in [5, 5.41) is 2.64. The Kier molecular flexibility index (Phi) is 6.05. The number of carbonyl (C=O) groups excluding carboxylic acids is 1. The first-order valence-corrected chi connectivity index (χ1v) is 10.3. The molecular weight excluding hydrogens is 391 g/mol. The lowest BCUT2D eigenvalue weighted by Crippen LogP contribution is -2.30. The summed E-state index contributed by atoms with van der Waals surface area (Å²) in [5.41, 5.74) is 7.60. The number of amides is 1. The topological polar surface area (TPSA) is 60.0 Å². The maximum Gasteiger partial charge on any atom is 0.416 e. The molecule has 164 valence electrons. The Labute approximate surface area is 175 Å². The molecule has 2 aromatic rings. The van der Waals surface area contributed by atoms with E-state index in [0.717, 1.165) is 49.2 Å². The number of halogens is 3. The van der Waals surface area contributed by atoms with Crippen molar-refractivity contribution in [3.8, 4) is 0 Å². The molecule has 0 saturated heterocycles. The highest BCUT2D eigenvalue weighted by molar-refractivity contribution is 6.05. The molecule has 0 radical (unpaired) electrons. The van der Waals surface area contributed by atoms with Gasteiger partial charge in [0.1, 0.15) is 0 Å². The third-order valence-corrected chi connectivity index (χ3v) is 5.86. The van der Waals surface area contributed by atoms with Crippen LogP contribution in [0.1, 0.15) is 79.8 Å². The van der Waals surface area contributed by atoms with Gasteiger partial charge in [0.2, 0.25) is 0 Å². The van der Waals surface area contributed by atoms with E-state index in [1.165, 1.54) is 12.1 Å². The quantitative estimate of drug-likeness (QED) is 0.657. The van der Waals surface area contributed by atoms with Crippen LogP contribution < -0.4 is 11.1 Å². The number of aromatic nitrogens is 1. The van der Waals surface area contributed by atoms with Crippen molar-refractivity contribution >= 4 is 11.6 Å². The van der Waals surface area contributed by atoms with Crippen LogP contribution in [0.25, 0.3) is 0 Å². The van der Waals surface area contributed by atoms with Crippen LogP contribution in [0, 0.1) is 6.92 Å². The molecule has 0 aliphatic heterocycles. The van der Waals surface area contributed by atoms with E-state index in [4.69, 9.17) is 5.73 Å². The maximum absolute atomic E-state index is 13.0. The molecule has 1 aromatic carbocycles. The van der Waals surface area contributed by atoms with Crippen LogP contribution in [-0.2, 0) is 11.6 Å². The first-order valence-electron chi connectivity index (χ1n) is 10.3. The summed E-state index contributed by atoms with van der Waals surface area (Å²) in [6, 6.07) is 7.08. The van der Waals surface area contributed by atoms with E-state index in [1.54, 1.807) is 0 Å². The molecule has 1 saturated carbocycles. The second-order valence-corrected chi connectivity index (χ2v) is 9.25. The van der Waals surface area contributed by atoms with Gasteiger partial charge in [0.25, 0.3) is 5.91 Å². The van der Waals surface area contributed by atoms with Crippen LogP contribution in [0.5, 0.6) is 0 Å². The molecule has 1 aliphatic rings. The van der Waals surface area contributed by atoms with Crippen molar-refractivity contribution in [1.29, 1.82) is 0 Å². The number of benzene rings is 1. The lowest BCUT2D eigenvalue weighted by molar-refractivity contribution is -0.137. The third-order valence-electron chi connectivity index (χ3n) is 5.86. The summed E-state index contributed by atoms with van der Waals surface area (Å²) in [7, 11) is 0. The highest BCUT2D eigenvalue weighted by atomic mass is 19.4. The van der Waals surface area contributed by atoms with E-state index < -0.39 is 17.6 Å². The van der Waals surface area contributed by atoms with Crippen molar-refractivity contribution in [3.05, 3.63) is 52.8 Å². The van der Waals surface area contributed by atoms with Crippen LogP contribution >= 0.6 is 0 Å². The van der Waals surface area contributed by atoms with Crippen molar-refractivity contribution in [3.63, 3.8) is 0 Å². The highest BCUT2D eigenvalue weighted by Gasteiger charge is 2.32. The molecule has 4 nitrogen and oxygen atoms in total. The number of rotatable bonds is 3. The van der Waals surface area contributed by atoms with Crippen molar-refractivity contribution in [2.45, 2.75) is 77.1 Å². The molecule has 1 heterocycles. The van der Waals surface area contributed by atoms with Gasteiger partial charge in [0.05, 0.1) is 11.1 Å². The van der Waals surface area contributed by atoms with Crippen LogP contribution in [-0.4, -0.2) is 16.5 Å². The smallest absolute Gasteiger partial charge is 0.345 e. The Morgan fingerprint density at radius 1 is 1.10 bits per heavy atom. The van der Waals surface area contributed by atoms with E-state index >= 15 is 0 Å². The van der Waals surface area contributed by atoms with Gasteiger partial charge in [-0.2, -0.15) is 13.2 Å². The van der Waals surface area contributed by atoms with Gasteiger partial charge in [-0.3, -0.25) is 4.79 Å². The molecular formula is C23H30F3N3O. The van der Waals surface area contributed by atoms with Crippen molar-refractivity contribution < 1.29 is 18.0 Å². The largest absolute Gasteiger partial charge is 0.416 e. The van der Waals surface area contributed by atoms with Crippen molar-refractivity contribution in [2.75, 3.05) is 5.32 Å². The summed E-state index contributed by atoms with van der Waals surface area (Å²) >= 11 is 0. The molecule has 1 amide bonds. The molecule has 1 aliphatic carbocycles. The maximum atomic E-state index is 13.0. The standard InChI is InChI=1S/C23H30F3N3O/c1-14-19(21(30)28-17-7-5-6-15(12-17)23(24,25)26)13-20(22(2,3)4)29(14)18-10-8-16(27)9-11-18/h5-7,12-13,16,18H,8-11,27H2,1-4H3,(H,28,30). The number of anilines is 1. The monoisotopic (exact) mass is 421 g/mol. The second-order valence-electron chi connectivity index (χ2n) is 9.25. The lowest BCUT2D eigenvalue weighted by atomic mass is 9.88. The van der Waals surface area contributed by atoms with Crippen molar-refractivity contribution in [1.82, 2.24) is 4.57 Å². The minimum Gasteiger partial charge on any atom is -0.345 e. The fraction of sp³-hybridized carbons (Fsp3) is 0.522. The zero-order chi connectivity index (χ0) is 22.3. The summed E-state index contributed by atoms with van der Waals surface area (Å²) < 4.78 is 41.2. The highest BCUT2D eigenvalue weighted by Crippen LogP contribution is 2.37. The van der Waals surface area contributed by atoms with E-state index in [0.29, 0.717) is 5.56 Å². The number of nitrogens with one attached hydrogen (secondary N) is 1. The Morgan fingerprint density at radius 2 is 1.73 bits per heavy atom. The molecule has 7 heteroatoms. The zero-order valence-electron chi connectivity index (χ0n) is 17.9. The number of alkyl halides is 3. The number of nitrogens with two attached hydrogens (primary N) is 1. The van der Waals surface area contributed by atoms with E-state index in [9.17, 15) is 18.0 Å². The zero-order valence-corrected chi connectivity index (χ0v) is 17.9. The lowest BCUT2D eigenvalue weighted by Gasteiger charge is -2.33. The van der Waals surface area contributed by atoms with E-state index in [-0.39, 0.29) is 23.2 Å². The fourth-order valence-electron chi connectivity index (χ4n) is 4.23.